The van der Waals surface area contributed by atoms with Gasteiger partial charge < -0.3 is 9.64 Å². The molecular weight excluding hydrogens is 364 g/mol. The van der Waals surface area contributed by atoms with Crippen LogP contribution in [0.25, 0.3) is 0 Å². The lowest BCUT2D eigenvalue weighted by Gasteiger charge is -2.34. The monoisotopic (exact) mass is 388 g/mol. The van der Waals surface area contributed by atoms with Crippen molar-refractivity contribution in [2.24, 2.45) is 0 Å². The van der Waals surface area contributed by atoms with E-state index < -0.39 is 9.84 Å². The van der Waals surface area contributed by atoms with Crippen LogP contribution in [-0.4, -0.2) is 69.7 Å². The van der Waals surface area contributed by atoms with E-state index in [0.29, 0.717) is 19.7 Å². The standard InChI is InChI=1S/C20H24N2O4S/c1-27(24,25)19-10-6-5-9-18(19)20(23)22-13-11-21(12-14-22)15-16-26-17-7-3-2-4-8-17/h2-10H,11-16H2,1H3. The number of nitrogens with zero attached hydrogens (tertiary/aromatic N) is 2. The molecule has 2 aromatic rings. The minimum absolute atomic E-state index is 0.0914. The predicted molar refractivity (Wildman–Crippen MR) is 104 cm³/mol. The Morgan fingerprint density at radius 2 is 1.59 bits per heavy atom. The topological polar surface area (TPSA) is 66.9 Å². The fourth-order valence-corrected chi connectivity index (χ4v) is 4.00. The molecule has 0 spiro atoms. The Morgan fingerprint density at radius 3 is 2.26 bits per heavy atom. The molecule has 0 radical (unpaired) electrons. The zero-order chi connectivity index (χ0) is 19.3. The third-order valence-electron chi connectivity index (χ3n) is 4.60. The Kier molecular flexibility index (Phi) is 6.13. The summed E-state index contributed by atoms with van der Waals surface area (Å²) in [4.78, 5) is 16.8. The summed E-state index contributed by atoms with van der Waals surface area (Å²) in [6.07, 6.45) is 1.13. The Hall–Kier alpha value is -2.38. The summed E-state index contributed by atoms with van der Waals surface area (Å²) in [5.74, 6) is 0.625. The molecule has 1 aliphatic rings. The van der Waals surface area contributed by atoms with Gasteiger partial charge in [0.15, 0.2) is 9.84 Å². The molecule has 1 saturated heterocycles. The Morgan fingerprint density at radius 1 is 0.963 bits per heavy atom. The van der Waals surface area contributed by atoms with Crippen molar-refractivity contribution in [3.05, 3.63) is 60.2 Å². The summed E-state index contributed by atoms with van der Waals surface area (Å²) in [7, 11) is -3.44. The zero-order valence-corrected chi connectivity index (χ0v) is 16.2. The first-order valence-corrected chi connectivity index (χ1v) is 10.8. The number of para-hydroxylation sites is 1. The van der Waals surface area contributed by atoms with Gasteiger partial charge in [-0.15, -0.1) is 0 Å². The fraction of sp³-hybridized carbons (Fsp3) is 0.350. The Bertz CT molecular complexity index is 876. The number of carbonyl (C=O) groups excluding carboxylic acids is 1. The van der Waals surface area contributed by atoms with Crippen molar-refractivity contribution >= 4 is 15.7 Å². The third-order valence-corrected chi connectivity index (χ3v) is 5.75. The molecule has 1 aliphatic heterocycles. The van der Waals surface area contributed by atoms with Crippen LogP contribution in [0.15, 0.2) is 59.5 Å². The number of benzene rings is 2. The van der Waals surface area contributed by atoms with Gasteiger partial charge in [0, 0.05) is 39.0 Å². The van der Waals surface area contributed by atoms with Crippen LogP contribution in [0.3, 0.4) is 0 Å². The maximum atomic E-state index is 12.8. The van der Waals surface area contributed by atoms with Gasteiger partial charge in [0.1, 0.15) is 12.4 Å². The first-order chi connectivity index (χ1) is 12.9. The second-order valence-electron chi connectivity index (χ2n) is 6.56. The average Bonchev–Trinajstić information content (AvgIpc) is 2.68. The maximum Gasteiger partial charge on any atom is 0.255 e. The van der Waals surface area contributed by atoms with E-state index in [2.05, 4.69) is 4.90 Å². The van der Waals surface area contributed by atoms with Crippen molar-refractivity contribution < 1.29 is 17.9 Å². The molecule has 3 rings (SSSR count). The number of carbonyl (C=O) groups is 1. The molecule has 6 nitrogen and oxygen atoms in total. The van der Waals surface area contributed by atoms with Gasteiger partial charge in [0.2, 0.25) is 0 Å². The van der Waals surface area contributed by atoms with Crippen LogP contribution in [0, 0.1) is 0 Å². The predicted octanol–water partition coefficient (Wildman–Crippen LogP) is 1.93. The summed E-state index contributed by atoms with van der Waals surface area (Å²) < 4.78 is 29.6. The van der Waals surface area contributed by atoms with Gasteiger partial charge in [-0.3, -0.25) is 9.69 Å². The molecule has 0 aromatic heterocycles. The van der Waals surface area contributed by atoms with Gasteiger partial charge in [-0.25, -0.2) is 8.42 Å². The van der Waals surface area contributed by atoms with Crippen LogP contribution in [0.2, 0.25) is 0 Å². The lowest BCUT2D eigenvalue weighted by atomic mass is 10.2. The van der Waals surface area contributed by atoms with E-state index in [1.54, 1.807) is 23.1 Å². The number of sulfone groups is 1. The molecule has 0 aliphatic carbocycles. The molecule has 1 fully saturated rings. The molecule has 1 heterocycles. The molecule has 2 aromatic carbocycles. The number of hydrogen-bond donors (Lipinski definition) is 0. The first-order valence-electron chi connectivity index (χ1n) is 8.94. The molecule has 7 heteroatoms. The van der Waals surface area contributed by atoms with E-state index in [4.69, 9.17) is 4.74 Å². The molecular formula is C20H24N2O4S. The summed E-state index contributed by atoms with van der Waals surface area (Å²) in [6.45, 7) is 4.01. The van der Waals surface area contributed by atoms with Gasteiger partial charge in [-0.05, 0) is 24.3 Å². The normalized spacial score (nSPS) is 15.5. The van der Waals surface area contributed by atoms with Gasteiger partial charge in [0.05, 0.1) is 10.5 Å². The van der Waals surface area contributed by atoms with Crippen molar-refractivity contribution in [2.75, 3.05) is 45.6 Å². The van der Waals surface area contributed by atoms with Crippen LogP contribution in [0.1, 0.15) is 10.4 Å². The molecule has 0 saturated carbocycles. The van der Waals surface area contributed by atoms with E-state index in [1.165, 1.54) is 6.07 Å². The Balaban J connectivity index is 1.53. The van der Waals surface area contributed by atoms with E-state index in [1.807, 2.05) is 30.3 Å². The van der Waals surface area contributed by atoms with Gasteiger partial charge in [0.25, 0.3) is 5.91 Å². The van der Waals surface area contributed by atoms with E-state index in [0.717, 1.165) is 31.6 Å². The average molecular weight is 388 g/mol. The molecule has 27 heavy (non-hydrogen) atoms. The summed E-state index contributed by atoms with van der Waals surface area (Å²) in [5, 5.41) is 0. The van der Waals surface area contributed by atoms with Crippen molar-refractivity contribution in [1.82, 2.24) is 9.80 Å². The number of rotatable bonds is 6. The van der Waals surface area contributed by atoms with Crippen molar-refractivity contribution in [2.45, 2.75) is 4.90 Å². The van der Waals surface area contributed by atoms with Crippen LogP contribution >= 0.6 is 0 Å². The smallest absolute Gasteiger partial charge is 0.255 e. The highest BCUT2D eigenvalue weighted by atomic mass is 32.2. The van der Waals surface area contributed by atoms with Crippen LogP contribution in [-0.2, 0) is 9.84 Å². The summed E-state index contributed by atoms with van der Waals surface area (Å²) in [5.41, 5.74) is 0.251. The zero-order valence-electron chi connectivity index (χ0n) is 15.4. The molecule has 0 N–H and O–H groups in total. The van der Waals surface area contributed by atoms with Crippen molar-refractivity contribution in [3.63, 3.8) is 0 Å². The van der Waals surface area contributed by atoms with Crippen LogP contribution in [0.4, 0.5) is 0 Å². The maximum absolute atomic E-state index is 12.8. The highest BCUT2D eigenvalue weighted by Crippen LogP contribution is 2.18. The molecule has 0 unspecified atom stereocenters. The lowest BCUT2D eigenvalue weighted by molar-refractivity contribution is 0.0616. The number of amides is 1. The highest BCUT2D eigenvalue weighted by molar-refractivity contribution is 7.90. The minimum atomic E-state index is -3.44. The van der Waals surface area contributed by atoms with E-state index in [-0.39, 0.29) is 16.4 Å². The van der Waals surface area contributed by atoms with Gasteiger partial charge >= 0.3 is 0 Å². The lowest BCUT2D eigenvalue weighted by Crippen LogP contribution is -2.49. The second-order valence-corrected chi connectivity index (χ2v) is 8.55. The van der Waals surface area contributed by atoms with Gasteiger partial charge in [-0.2, -0.15) is 0 Å². The number of ether oxygens (including phenoxy) is 1. The molecule has 0 bridgehead atoms. The first kappa shape index (κ1) is 19.4. The number of hydrogen-bond acceptors (Lipinski definition) is 5. The van der Waals surface area contributed by atoms with Crippen LogP contribution in [0.5, 0.6) is 5.75 Å². The molecule has 0 atom stereocenters. The summed E-state index contributed by atoms with van der Waals surface area (Å²) >= 11 is 0. The highest BCUT2D eigenvalue weighted by Gasteiger charge is 2.25. The second kappa shape index (κ2) is 8.54. The van der Waals surface area contributed by atoms with Gasteiger partial charge in [-0.1, -0.05) is 30.3 Å². The number of piperazine rings is 1. The minimum Gasteiger partial charge on any atom is -0.492 e. The summed E-state index contributed by atoms with van der Waals surface area (Å²) in [6, 6.07) is 16.1. The van der Waals surface area contributed by atoms with Crippen LogP contribution < -0.4 is 4.74 Å². The quantitative estimate of drug-likeness (QED) is 0.756. The molecule has 144 valence electrons. The third kappa shape index (κ3) is 5.08. The van der Waals surface area contributed by atoms with Crippen molar-refractivity contribution in [1.29, 1.82) is 0 Å². The van der Waals surface area contributed by atoms with Crippen molar-refractivity contribution in [3.8, 4) is 5.75 Å². The largest absolute Gasteiger partial charge is 0.492 e. The fourth-order valence-electron chi connectivity index (χ4n) is 3.12. The van der Waals surface area contributed by atoms with E-state index in [9.17, 15) is 13.2 Å². The SMILES string of the molecule is CS(=O)(=O)c1ccccc1C(=O)N1CCN(CCOc2ccccc2)CC1. The Labute approximate surface area is 160 Å². The molecule has 1 amide bonds. The van der Waals surface area contributed by atoms with E-state index >= 15 is 0 Å².